The van der Waals surface area contributed by atoms with Crippen LogP contribution in [0, 0.1) is 13.8 Å². The molecular formula is C28H36N4O3S. The van der Waals surface area contributed by atoms with Gasteiger partial charge in [0.15, 0.2) is 16.6 Å². The molecule has 3 N–H and O–H groups in total. The van der Waals surface area contributed by atoms with Crippen molar-refractivity contribution in [2.24, 2.45) is 0 Å². The first-order valence-electron chi connectivity index (χ1n) is 12.6. The van der Waals surface area contributed by atoms with Gasteiger partial charge in [-0.15, -0.1) is 0 Å². The molecule has 1 heterocycles. The van der Waals surface area contributed by atoms with E-state index in [1.54, 1.807) is 20.4 Å². The number of nitrogens with one attached hydrogen (secondary N) is 3. The molecule has 4 rings (SSSR count). The molecule has 0 radical (unpaired) electrons. The summed E-state index contributed by atoms with van der Waals surface area (Å²) in [5.41, 5.74) is 3.84. The lowest BCUT2D eigenvalue weighted by Crippen LogP contribution is -2.39. The van der Waals surface area contributed by atoms with Crippen LogP contribution in [0.4, 0.5) is 5.69 Å². The standard InChI is InChI=1S/C28H36N4O3S/c1-18-19(2)24(35-25-12-13-30-23-17-27(34-4)26(33-3)16-21(23)25)11-10-22(18)32-28(36)31-15-14-29-20-8-6-5-7-9-20/h10-13,16-17,20,29H,5-9,14-15H2,1-4H3,(H2,31,32,36). The van der Waals surface area contributed by atoms with Gasteiger partial charge in [0.05, 0.1) is 19.7 Å². The zero-order valence-electron chi connectivity index (χ0n) is 21.6. The van der Waals surface area contributed by atoms with Crippen molar-refractivity contribution in [1.29, 1.82) is 0 Å². The molecule has 0 bridgehead atoms. The number of benzene rings is 2. The largest absolute Gasteiger partial charge is 0.493 e. The van der Waals surface area contributed by atoms with E-state index in [9.17, 15) is 0 Å². The van der Waals surface area contributed by atoms with Gasteiger partial charge in [-0.05, 0) is 74.3 Å². The number of hydrogen-bond acceptors (Lipinski definition) is 6. The van der Waals surface area contributed by atoms with Gasteiger partial charge in [0.2, 0.25) is 0 Å². The van der Waals surface area contributed by atoms with Crippen molar-refractivity contribution in [1.82, 2.24) is 15.6 Å². The molecule has 192 valence electrons. The molecule has 0 unspecified atom stereocenters. The number of thiocarbonyl (C=S) groups is 1. The molecule has 1 aromatic heterocycles. The number of aromatic nitrogens is 1. The minimum Gasteiger partial charge on any atom is -0.493 e. The zero-order chi connectivity index (χ0) is 25.5. The number of hydrogen-bond donors (Lipinski definition) is 3. The van der Waals surface area contributed by atoms with Crippen LogP contribution >= 0.6 is 12.2 Å². The number of nitrogens with zero attached hydrogens (tertiary/aromatic N) is 1. The number of fused-ring (bicyclic) bond motifs is 1. The summed E-state index contributed by atoms with van der Waals surface area (Å²) in [7, 11) is 3.23. The van der Waals surface area contributed by atoms with Crippen molar-refractivity contribution in [2.75, 3.05) is 32.6 Å². The van der Waals surface area contributed by atoms with E-state index in [1.165, 1.54) is 32.1 Å². The summed E-state index contributed by atoms with van der Waals surface area (Å²) in [5, 5.41) is 11.7. The van der Waals surface area contributed by atoms with E-state index >= 15 is 0 Å². The van der Waals surface area contributed by atoms with Crippen molar-refractivity contribution < 1.29 is 14.2 Å². The number of anilines is 1. The summed E-state index contributed by atoms with van der Waals surface area (Å²) < 4.78 is 17.2. The second kappa shape index (κ2) is 12.2. The molecule has 1 aliphatic rings. The molecule has 3 aromatic rings. The highest BCUT2D eigenvalue weighted by Gasteiger charge is 2.15. The zero-order valence-corrected chi connectivity index (χ0v) is 22.4. The van der Waals surface area contributed by atoms with Crippen LogP contribution in [0.2, 0.25) is 0 Å². The monoisotopic (exact) mass is 508 g/mol. The lowest BCUT2D eigenvalue weighted by molar-refractivity contribution is 0.355. The van der Waals surface area contributed by atoms with Crippen LogP contribution in [0.15, 0.2) is 36.5 Å². The van der Waals surface area contributed by atoms with E-state index in [2.05, 4.69) is 27.9 Å². The van der Waals surface area contributed by atoms with E-state index in [0.717, 1.165) is 46.6 Å². The van der Waals surface area contributed by atoms with Crippen LogP contribution in [0.1, 0.15) is 43.2 Å². The number of ether oxygens (including phenoxy) is 3. The van der Waals surface area contributed by atoms with Crippen LogP contribution in [0.5, 0.6) is 23.0 Å². The molecule has 1 fully saturated rings. The Bertz CT molecular complexity index is 1210. The van der Waals surface area contributed by atoms with Crippen LogP contribution in [-0.2, 0) is 0 Å². The smallest absolute Gasteiger partial charge is 0.170 e. The Labute approximate surface area is 218 Å². The summed E-state index contributed by atoms with van der Waals surface area (Å²) in [6.07, 6.45) is 8.35. The number of methoxy groups -OCH3 is 2. The van der Waals surface area contributed by atoms with Crippen LogP contribution < -0.4 is 30.2 Å². The van der Waals surface area contributed by atoms with Gasteiger partial charge < -0.3 is 30.2 Å². The summed E-state index contributed by atoms with van der Waals surface area (Å²) in [6.45, 7) is 5.82. The number of rotatable bonds is 9. The van der Waals surface area contributed by atoms with Gasteiger partial charge in [0.25, 0.3) is 0 Å². The maximum Gasteiger partial charge on any atom is 0.170 e. The lowest BCUT2D eigenvalue weighted by atomic mass is 9.95. The third kappa shape index (κ3) is 6.17. The second-order valence-corrected chi connectivity index (χ2v) is 9.57. The molecule has 0 amide bonds. The Morgan fingerprint density at radius 2 is 1.67 bits per heavy atom. The van der Waals surface area contributed by atoms with E-state index < -0.39 is 0 Å². The first-order valence-corrected chi connectivity index (χ1v) is 13.0. The first kappa shape index (κ1) is 26.0. The second-order valence-electron chi connectivity index (χ2n) is 9.17. The summed E-state index contributed by atoms with van der Waals surface area (Å²) in [5.74, 6) is 2.74. The molecule has 0 atom stereocenters. The fourth-order valence-electron chi connectivity index (χ4n) is 4.62. The Kier molecular flexibility index (Phi) is 8.83. The molecular weight excluding hydrogens is 472 g/mol. The fourth-order valence-corrected chi connectivity index (χ4v) is 4.83. The Balaban J connectivity index is 1.40. The summed E-state index contributed by atoms with van der Waals surface area (Å²) in [4.78, 5) is 4.46. The van der Waals surface area contributed by atoms with Crippen molar-refractivity contribution in [3.63, 3.8) is 0 Å². The van der Waals surface area contributed by atoms with Gasteiger partial charge in [-0.2, -0.15) is 0 Å². The third-order valence-electron chi connectivity index (χ3n) is 6.86. The molecule has 7 nitrogen and oxygen atoms in total. The van der Waals surface area contributed by atoms with Gasteiger partial charge >= 0.3 is 0 Å². The molecule has 0 spiro atoms. The molecule has 0 saturated heterocycles. The van der Waals surface area contributed by atoms with Gasteiger partial charge in [-0.3, -0.25) is 4.98 Å². The van der Waals surface area contributed by atoms with Gasteiger partial charge in [0.1, 0.15) is 11.5 Å². The van der Waals surface area contributed by atoms with Crippen molar-refractivity contribution >= 4 is 33.9 Å². The van der Waals surface area contributed by atoms with Gasteiger partial charge in [0, 0.05) is 42.5 Å². The van der Waals surface area contributed by atoms with Gasteiger partial charge in [-0.1, -0.05) is 19.3 Å². The molecule has 36 heavy (non-hydrogen) atoms. The van der Waals surface area contributed by atoms with Crippen molar-refractivity contribution in [2.45, 2.75) is 52.0 Å². The average Bonchev–Trinajstić information content (AvgIpc) is 2.90. The van der Waals surface area contributed by atoms with E-state index in [1.807, 2.05) is 37.3 Å². The van der Waals surface area contributed by atoms with Crippen LogP contribution in [0.3, 0.4) is 0 Å². The number of pyridine rings is 1. The maximum atomic E-state index is 6.35. The first-order chi connectivity index (χ1) is 17.5. The van der Waals surface area contributed by atoms with Crippen molar-refractivity contribution in [3.05, 3.63) is 47.7 Å². The summed E-state index contributed by atoms with van der Waals surface area (Å²) >= 11 is 5.53. The lowest BCUT2D eigenvalue weighted by Gasteiger charge is -2.23. The predicted octanol–water partition coefficient (Wildman–Crippen LogP) is 5.87. The molecule has 1 aliphatic carbocycles. The van der Waals surface area contributed by atoms with E-state index in [0.29, 0.717) is 28.4 Å². The Morgan fingerprint density at radius 3 is 2.42 bits per heavy atom. The highest BCUT2D eigenvalue weighted by molar-refractivity contribution is 7.80. The topological polar surface area (TPSA) is 76.7 Å². The Hall–Kier alpha value is -3.10. The van der Waals surface area contributed by atoms with Gasteiger partial charge in [-0.25, -0.2) is 0 Å². The molecule has 2 aromatic carbocycles. The molecule has 1 saturated carbocycles. The average molecular weight is 509 g/mol. The Morgan fingerprint density at radius 1 is 0.917 bits per heavy atom. The van der Waals surface area contributed by atoms with Crippen molar-refractivity contribution in [3.8, 4) is 23.0 Å². The minimum absolute atomic E-state index is 0.623. The predicted molar refractivity (Wildman–Crippen MR) is 150 cm³/mol. The third-order valence-corrected chi connectivity index (χ3v) is 7.11. The SMILES string of the molecule is COc1cc2nccc(Oc3ccc(NC(=S)NCCNC4CCCCC4)c(C)c3C)c2cc1OC. The highest BCUT2D eigenvalue weighted by atomic mass is 32.1. The highest BCUT2D eigenvalue weighted by Crippen LogP contribution is 2.38. The summed E-state index contributed by atoms with van der Waals surface area (Å²) in [6, 6.07) is 10.2. The fraction of sp³-hybridized carbons (Fsp3) is 0.429. The maximum absolute atomic E-state index is 6.35. The quantitative estimate of drug-likeness (QED) is 0.245. The molecule has 8 heteroatoms. The minimum atomic E-state index is 0.623. The van der Waals surface area contributed by atoms with Crippen LogP contribution in [0.25, 0.3) is 10.9 Å². The molecule has 0 aliphatic heterocycles. The normalized spacial score (nSPS) is 13.9. The van der Waals surface area contributed by atoms with Crippen LogP contribution in [-0.4, -0.2) is 43.4 Å². The van der Waals surface area contributed by atoms with E-state index in [-0.39, 0.29) is 0 Å². The van der Waals surface area contributed by atoms with E-state index in [4.69, 9.17) is 26.4 Å².